The summed E-state index contributed by atoms with van der Waals surface area (Å²) in [5, 5.41) is 13.7. The first-order valence-corrected chi connectivity index (χ1v) is 6.84. The molecule has 0 saturated heterocycles. The van der Waals surface area contributed by atoms with Gasteiger partial charge in [0.25, 0.3) is 11.7 Å². The van der Waals surface area contributed by atoms with Crippen LogP contribution in [0.2, 0.25) is 4.34 Å². The number of halogens is 1. The summed E-state index contributed by atoms with van der Waals surface area (Å²) in [5.74, 6) is 0. The van der Waals surface area contributed by atoms with Crippen molar-refractivity contribution in [1.82, 2.24) is 4.98 Å². The van der Waals surface area contributed by atoms with E-state index in [4.69, 9.17) is 16.0 Å². The molecule has 0 saturated carbocycles. The van der Waals surface area contributed by atoms with Gasteiger partial charge in [-0.05, 0) is 18.2 Å². The summed E-state index contributed by atoms with van der Waals surface area (Å²) in [7, 11) is 0. The quantitative estimate of drug-likeness (QED) is 0.580. The van der Waals surface area contributed by atoms with E-state index in [1.165, 1.54) is 23.5 Å². The highest BCUT2D eigenvalue weighted by atomic mass is 35.5. The summed E-state index contributed by atoms with van der Waals surface area (Å²) in [6.45, 7) is 0.534. The van der Waals surface area contributed by atoms with E-state index in [-0.39, 0.29) is 5.69 Å². The fraction of sp³-hybridized carbons (Fsp3) is 0.0833. The van der Waals surface area contributed by atoms with Crippen LogP contribution >= 0.6 is 22.9 Å². The summed E-state index contributed by atoms with van der Waals surface area (Å²) >= 11 is 7.31. The number of anilines is 1. The van der Waals surface area contributed by atoms with E-state index in [2.05, 4.69) is 10.3 Å². The number of nitro benzene ring substituents is 1. The van der Waals surface area contributed by atoms with Crippen molar-refractivity contribution in [2.45, 2.75) is 6.54 Å². The number of nitrogens with one attached hydrogen (secondary N) is 1. The lowest BCUT2D eigenvalue weighted by atomic mass is 10.3. The van der Waals surface area contributed by atoms with E-state index in [1.54, 1.807) is 6.07 Å². The lowest BCUT2D eigenvalue weighted by Gasteiger charge is -1.97. The van der Waals surface area contributed by atoms with E-state index >= 15 is 0 Å². The van der Waals surface area contributed by atoms with Gasteiger partial charge in [-0.1, -0.05) is 11.6 Å². The third-order valence-corrected chi connectivity index (χ3v) is 3.86. The molecule has 0 aliphatic heterocycles. The minimum atomic E-state index is -0.470. The molecule has 20 heavy (non-hydrogen) atoms. The highest BCUT2D eigenvalue weighted by molar-refractivity contribution is 7.16. The zero-order valence-corrected chi connectivity index (χ0v) is 11.6. The molecule has 3 rings (SSSR count). The van der Waals surface area contributed by atoms with Crippen molar-refractivity contribution in [3.63, 3.8) is 0 Å². The van der Waals surface area contributed by atoms with Crippen LogP contribution in [0.1, 0.15) is 4.88 Å². The number of nitro groups is 1. The van der Waals surface area contributed by atoms with Gasteiger partial charge in [-0.3, -0.25) is 10.1 Å². The molecule has 1 N–H and O–H groups in total. The second kappa shape index (κ2) is 5.10. The lowest BCUT2D eigenvalue weighted by Crippen LogP contribution is -1.96. The van der Waals surface area contributed by atoms with Gasteiger partial charge < -0.3 is 9.73 Å². The van der Waals surface area contributed by atoms with Gasteiger partial charge in [0.1, 0.15) is 5.52 Å². The molecular weight excluding hydrogens is 302 g/mol. The van der Waals surface area contributed by atoms with Crippen LogP contribution in [0.25, 0.3) is 11.1 Å². The molecule has 0 atom stereocenters. The van der Waals surface area contributed by atoms with Gasteiger partial charge in [0.2, 0.25) is 0 Å². The molecule has 102 valence electrons. The van der Waals surface area contributed by atoms with Crippen LogP contribution < -0.4 is 5.32 Å². The van der Waals surface area contributed by atoms with Crippen LogP contribution in [0.15, 0.2) is 34.7 Å². The summed E-state index contributed by atoms with van der Waals surface area (Å²) in [5.41, 5.74) is 0.929. The molecule has 3 aromatic rings. The molecule has 0 bridgehead atoms. The Kier molecular flexibility index (Phi) is 3.29. The Morgan fingerprint density at radius 3 is 2.95 bits per heavy atom. The molecule has 0 unspecified atom stereocenters. The number of aromatic nitrogens is 1. The largest absolute Gasteiger partial charge is 0.423 e. The molecule has 0 spiro atoms. The first-order chi connectivity index (χ1) is 9.61. The van der Waals surface area contributed by atoms with Gasteiger partial charge in [-0.25, -0.2) is 0 Å². The minimum Gasteiger partial charge on any atom is -0.423 e. The first kappa shape index (κ1) is 12.9. The molecule has 0 aliphatic rings. The smallest absolute Gasteiger partial charge is 0.295 e. The Hall–Kier alpha value is -2.12. The predicted octanol–water partition coefficient (Wildman–Crippen LogP) is 4.06. The average molecular weight is 310 g/mol. The normalized spacial score (nSPS) is 10.8. The van der Waals surface area contributed by atoms with E-state index in [1.807, 2.05) is 12.1 Å². The SMILES string of the molecule is O=[N+]([O-])c1ccc2nc(NCc3ccc(Cl)s3)oc2c1. The Labute approximate surface area is 122 Å². The van der Waals surface area contributed by atoms with Gasteiger partial charge in [-0.15, -0.1) is 11.3 Å². The van der Waals surface area contributed by atoms with Gasteiger partial charge in [-0.2, -0.15) is 4.98 Å². The third-order valence-electron chi connectivity index (χ3n) is 2.63. The zero-order valence-electron chi connectivity index (χ0n) is 10.00. The standard InChI is InChI=1S/C12H8ClN3O3S/c13-11-4-2-8(20-11)6-14-12-15-9-3-1-7(16(17)18)5-10(9)19-12/h1-5H,6H2,(H,14,15). The zero-order chi connectivity index (χ0) is 14.1. The summed E-state index contributed by atoms with van der Waals surface area (Å²) in [4.78, 5) is 15.5. The molecule has 2 heterocycles. The van der Waals surface area contributed by atoms with Crippen LogP contribution in [0, 0.1) is 10.1 Å². The summed E-state index contributed by atoms with van der Waals surface area (Å²) in [6, 6.07) is 8.37. The van der Waals surface area contributed by atoms with Crippen LogP contribution in [0.5, 0.6) is 0 Å². The van der Waals surface area contributed by atoms with Gasteiger partial charge in [0.05, 0.1) is 21.9 Å². The molecule has 1 aromatic carbocycles. The maximum Gasteiger partial charge on any atom is 0.295 e. The van der Waals surface area contributed by atoms with Gasteiger partial charge in [0.15, 0.2) is 5.58 Å². The molecule has 0 aliphatic carbocycles. The highest BCUT2D eigenvalue weighted by Crippen LogP contribution is 2.25. The molecular formula is C12H8ClN3O3S. The number of thiophene rings is 1. The second-order valence-electron chi connectivity index (χ2n) is 3.99. The summed E-state index contributed by atoms with van der Waals surface area (Å²) < 4.78 is 6.15. The van der Waals surface area contributed by atoms with Gasteiger partial charge >= 0.3 is 0 Å². The highest BCUT2D eigenvalue weighted by Gasteiger charge is 2.11. The average Bonchev–Trinajstić information content (AvgIpc) is 3.00. The number of fused-ring (bicyclic) bond motifs is 1. The number of hydrogen-bond donors (Lipinski definition) is 1. The number of benzene rings is 1. The van der Waals surface area contributed by atoms with Gasteiger partial charge in [0, 0.05) is 10.9 Å². The molecule has 0 fully saturated rings. The van der Waals surface area contributed by atoms with E-state index in [9.17, 15) is 10.1 Å². The van der Waals surface area contributed by atoms with Crippen LogP contribution in [-0.2, 0) is 6.54 Å². The molecule has 6 nitrogen and oxygen atoms in total. The Balaban J connectivity index is 1.80. The molecule has 2 aromatic heterocycles. The Bertz CT molecular complexity index is 783. The van der Waals surface area contributed by atoms with E-state index < -0.39 is 4.92 Å². The molecule has 0 amide bonds. The van der Waals surface area contributed by atoms with Crippen molar-refractivity contribution >= 4 is 45.7 Å². The van der Waals surface area contributed by atoms with Crippen molar-refractivity contribution in [2.24, 2.45) is 0 Å². The predicted molar refractivity (Wildman–Crippen MR) is 77.3 cm³/mol. The van der Waals surface area contributed by atoms with E-state index in [0.29, 0.717) is 23.7 Å². The van der Waals surface area contributed by atoms with Crippen molar-refractivity contribution in [3.8, 4) is 0 Å². The first-order valence-electron chi connectivity index (χ1n) is 5.65. The van der Waals surface area contributed by atoms with E-state index in [0.717, 1.165) is 9.21 Å². The molecule has 0 radical (unpaired) electrons. The number of non-ortho nitro benzene ring substituents is 1. The van der Waals surface area contributed by atoms with Crippen molar-refractivity contribution in [3.05, 3.63) is 49.7 Å². The monoisotopic (exact) mass is 309 g/mol. The fourth-order valence-electron chi connectivity index (χ4n) is 1.71. The Morgan fingerprint density at radius 2 is 2.25 bits per heavy atom. The number of rotatable bonds is 4. The summed E-state index contributed by atoms with van der Waals surface area (Å²) in [6.07, 6.45) is 0. The number of hydrogen-bond acceptors (Lipinski definition) is 6. The molecule has 8 heteroatoms. The van der Waals surface area contributed by atoms with Crippen molar-refractivity contribution in [2.75, 3.05) is 5.32 Å². The topological polar surface area (TPSA) is 81.2 Å². The van der Waals surface area contributed by atoms with Crippen LogP contribution in [0.3, 0.4) is 0 Å². The Morgan fingerprint density at radius 1 is 1.40 bits per heavy atom. The maximum absolute atomic E-state index is 10.7. The third kappa shape index (κ3) is 2.59. The second-order valence-corrected chi connectivity index (χ2v) is 5.79. The van der Waals surface area contributed by atoms with Crippen LogP contribution in [-0.4, -0.2) is 9.91 Å². The minimum absolute atomic E-state index is 0.0229. The van der Waals surface area contributed by atoms with Crippen molar-refractivity contribution < 1.29 is 9.34 Å². The lowest BCUT2D eigenvalue weighted by molar-refractivity contribution is -0.384. The number of nitrogens with zero attached hydrogens (tertiary/aromatic N) is 2. The van der Waals surface area contributed by atoms with Crippen LogP contribution in [0.4, 0.5) is 11.7 Å². The maximum atomic E-state index is 10.7. The number of oxazole rings is 1. The van der Waals surface area contributed by atoms with Crippen molar-refractivity contribution in [1.29, 1.82) is 0 Å². The fourth-order valence-corrected chi connectivity index (χ4v) is 2.74.